The lowest BCUT2D eigenvalue weighted by Crippen LogP contribution is -2.35. The summed E-state index contributed by atoms with van der Waals surface area (Å²) in [5.41, 5.74) is 0. The first kappa shape index (κ1) is 12.8. The molecule has 0 aliphatic rings. The topological polar surface area (TPSA) is 23.5 Å². The summed E-state index contributed by atoms with van der Waals surface area (Å²) in [5, 5.41) is 8.83. The van der Waals surface area contributed by atoms with Gasteiger partial charge in [-0.3, -0.25) is 0 Å². The molecule has 0 saturated carbocycles. The molecule has 0 aliphatic carbocycles. The fourth-order valence-corrected chi connectivity index (χ4v) is 0.970. The molecule has 3 heteroatoms. The molecule has 0 heterocycles. The number of hydrogen-bond donors (Lipinski definition) is 1. The summed E-state index contributed by atoms with van der Waals surface area (Å²) in [4.78, 5) is 2.05. The largest absolute Gasteiger partial charge is 0.395 e. The summed E-state index contributed by atoms with van der Waals surface area (Å²) >= 11 is 0. The van der Waals surface area contributed by atoms with Crippen LogP contribution in [0.2, 0.25) is 0 Å². The lowest BCUT2D eigenvalue weighted by atomic mass is 10.1. The molecule has 0 fully saturated rings. The molecule has 0 spiro atoms. The Bertz CT molecular complexity index is 68.0. The van der Waals surface area contributed by atoms with E-state index in [0.717, 1.165) is 0 Å². The first-order valence-corrected chi connectivity index (χ1v) is 3.37. The highest BCUT2D eigenvalue weighted by molar-refractivity contribution is 5.85. The van der Waals surface area contributed by atoms with Crippen LogP contribution in [0.25, 0.3) is 0 Å². The number of aliphatic hydroxyl groups is 1. The van der Waals surface area contributed by atoms with E-state index < -0.39 is 0 Å². The highest BCUT2D eigenvalue weighted by Crippen LogP contribution is 2.05. The quantitative estimate of drug-likeness (QED) is 0.678. The van der Waals surface area contributed by atoms with E-state index in [9.17, 15) is 0 Å². The normalized spacial score (nSPS) is 13.5. The molecule has 0 radical (unpaired) electrons. The first-order valence-electron chi connectivity index (χ1n) is 3.37. The van der Waals surface area contributed by atoms with Crippen LogP contribution in [0.4, 0.5) is 0 Å². The van der Waals surface area contributed by atoms with E-state index in [1.54, 1.807) is 0 Å². The van der Waals surface area contributed by atoms with E-state index in [0.29, 0.717) is 12.0 Å². The number of aliphatic hydroxyl groups excluding tert-OH is 1. The van der Waals surface area contributed by atoms with Crippen molar-refractivity contribution in [2.24, 2.45) is 5.92 Å². The molecule has 0 aromatic carbocycles. The van der Waals surface area contributed by atoms with E-state index >= 15 is 0 Å². The van der Waals surface area contributed by atoms with Crippen LogP contribution in [-0.2, 0) is 0 Å². The second-order valence-electron chi connectivity index (χ2n) is 2.96. The summed E-state index contributed by atoms with van der Waals surface area (Å²) in [5.74, 6) is 0.532. The van der Waals surface area contributed by atoms with Gasteiger partial charge in [0.2, 0.25) is 0 Å². The van der Waals surface area contributed by atoms with E-state index in [-0.39, 0.29) is 19.0 Å². The van der Waals surface area contributed by atoms with Gasteiger partial charge in [-0.15, -0.1) is 12.4 Å². The van der Waals surface area contributed by atoms with Crippen molar-refractivity contribution in [3.63, 3.8) is 0 Å². The van der Waals surface area contributed by atoms with Gasteiger partial charge in [-0.2, -0.15) is 0 Å². The van der Waals surface area contributed by atoms with E-state index in [4.69, 9.17) is 5.11 Å². The molecule has 2 nitrogen and oxygen atoms in total. The van der Waals surface area contributed by atoms with E-state index in [2.05, 4.69) is 13.8 Å². The monoisotopic (exact) mass is 167 g/mol. The van der Waals surface area contributed by atoms with Gasteiger partial charge in [0.25, 0.3) is 0 Å². The van der Waals surface area contributed by atoms with Crippen molar-refractivity contribution in [1.29, 1.82) is 0 Å². The molecule has 0 aromatic rings. The zero-order valence-corrected chi connectivity index (χ0v) is 7.98. The van der Waals surface area contributed by atoms with Crippen molar-refractivity contribution in [2.75, 3.05) is 20.7 Å². The summed E-state index contributed by atoms with van der Waals surface area (Å²) in [6.07, 6.45) is 0. The Hall–Kier alpha value is 0.210. The Morgan fingerprint density at radius 3 is 1.70 bits per heavy atom. The zero-order valence-electron chi connectivity index (χ0n) is 7.16. The molecule has 64 valence electrons. The maximum atomic E-state index is 8.83. The minimum atomic E-state index is 0. The van der Waals surface area contributed by atoms with Gasteiger partial charge in [0.15, 0.2) is 0 Å². The third-order valence-electron chi connectivity index (χ3n) is 1.62. The number of rotatable bonds is 3. The van der Waals surface area contributed by atoms with Crippen molar-refractivity contribution in [3.8, 4) is 0 Å². The number of nitrogens with zero attached hydrogens (tertiary/aromatic N) is 1. The predicted molar refractivity (Wildman–Crippen MR) is 46.6 cm³/mol. The van der Waals surface area contributed by atoms with Crippen molar-refractivity contribution in [3.05, 3.63) is 0 Å². The molecule has 0 aliphatic heterocycles. The smallest absolute Gasteiger partial charge is 0.0589 e. The fraction of sp³-hybridized carbons (Fsp3) is 1.00. The Labute approximate surface area is 69.6 Å². The summed E-state index contributed by atoms with van der Waals surface area (Å²) in [6, 6.07) is 0.310. The third kappa shape index (κ3) is 4.09. The van der Waals surface area contributed by atoms with Gasteiger partial charge in [0.05, 0.1) is 6.61 Å². The van der Waals surface area contributed by atoms with Crippen LogP contribution < -0.4 is 0 Å². The minimum absolute atomic E-state index is 0. The average molecular weight is 168 g/mol. The fourth-order valence-electron chi connectivity index (χ4n) is 0.970. The van der Waals surface area contributed by atoms with Gasteiger partial charge in [0, 0.05) is 6.04 Å². The first-order chi connectivity index (χ1) is 4.09. The van der Waals surface area contributed by atoms with E-state index in [1.165, 1.54) is 0 Å². The second-order valence-corrected chi connectivity index (χ2v) is 2.96. The van der Waals surface area contributed by atoms with Gasteiger partial charge in [-0.25, -0.2) is 0 Å². The van der Waals surface area contributed by atoms with Gasteiger partial charge in [-0.1, -0.05) is 13.8 Å². The summed E-state index contributed by atoms with van der Waals surface area (Å²) in [6.45, 7) is 4.48. The van der Waals surface area contributed by atoms with Gasteiger partial charge in [-0.05, 0) is 20.0 Å². The molecule has 0 amide bonds. The predicted octanol–water partition coefficient (Wildman–Crippen LogP) is 0.987. The van der Waals surface area contributed by atoms with Crippen molar-refractivity contribution >= 4 is 12.4 Å². The lowest BCUT2D eigenvalue weighted by molar-refractivity contribution is 0.134. The molecule has 0 bridgehead atoms. The zero-order chi connectivity index (χ0) is 7.44. The third-order valence-corrected chi connectivity index (χ3v) is 1.62. The van der Waals surface area contributed by atoms with Crippen LogP contribution in [0.3, 0.4) is 0 Å². The Morgan fingerprint density at radius 1 is 1.30 bits per heavy atom. The lowest BCUT2D eigenvalue weighted by Gasteiger charge is -2.25. The minimum Gasteiger partial charge on any atom is -0.395 e. The van der Waals surface area contributed by atoms with Crippen LogP contribution >= 0.6 is 12.4 Å². The second kappa shape index (κ2) is 5.96. The van der Waals surface area contributed by atoms with Crippen LogP contribution in [0.5, 0.6) is 0 Å². The summed E-state index contributed by atoms with van der Waals surface area (Å²) < 4.78 is 0. The maximum absolute atomic E-state index is 8.83. The number of halogens is 1. The van der Waals surface area contributed by atoms with Crippen LogP contribution in [0.1, 0.15) is 13.8 Å². The molecule has 0 aromatic heterocycles. The van der Waals surface area contributed by atoms with Crippen LogP contribution in [0.15, 0.2) is 0 Å². The molecular weight excluding hydrogens is 150 g/mol. The summed E-state index contributed by atoms with van der Waals surface area (Å²) in [7, 11) is 3.97. The highest BCUT2D eigenvalue weighted by atomic mass is 35.5. The molecule has 0 unspecified atom stereocenters. The Kier molecular flexibility index (Phi) is 7.65. The maximum Gasteiger partial charge on any atom is 0.0589 e. The van der Waals surface area contributed by atoms with Crippen molar-refractivity contribution in [1.82, 2.24) is 4.90 Å². The van der Waals surface area contributed by atoms with Gasteiger partial charge in [0.1, 0.15) is 0 Å². The standard InChI is InChI=1S/C7H17NO.ClH/c1-6(2)7(5-9)8(3)4;/h6-7,9H,5H2,1-4H3;1H/t7-;/m1./s1. The average Bonchev–Trinajstić information content (AvgIpc) is 1.64. The SMILES string of the molecule is CC(C)[C@@H](CO)N(C)C.Cl. The Morgan fingerprint density at radius 2 is 1.70 bits per heavy atom. The molecule has 10 heavy (non-hydrogen) atoms. The molecular formula is C7H18ClNO. The van der Waals surface area contributed by atoms with Crippen LogP contribution in [-0.4, -0.2) is 36.8 Å². The van der Waals surface area contributed by atoms with Crippen LogP contribution in [0, 0.1) is 5.92 Å². The van der Waals surface area contributed by atoms with Crippen molar-refractivity contribution < 1.29 is 5.11 Å². The molecule has 1 N–H and O–H groups in total. The van der Waals surface area contributed by atoms with Gasteiger partial charge >= 0.3 is 0 Å². The Balaban J connectivity index is 0. The van der Waals surface area contributed by atoms with Gasteiger partial charge < -0.3 is 10.0 Å². The number of likely N-dealkylation sites (N-methyl/N-ethyl adjacent to an activating group) is 1. The highest BCUT2D eigenvalue weighted by Gasteiger charge is 2.12. The number of hydrogen-bond acceptors (Lipinski definition) is 2. The molecule has 0 saturated heterocycles. The molecule has 1 atom stereocenters. The molecule has 0 rings (SSSR count). The van der Waals surface area contributed by atoms with Crippen molar-refractivity contribution in [2.45, 2.75) is 19.9 Å². The van der Waals surface area contributed by atoms with E-state index in [1.807, 2.05) is 19.0 Å².